The summed E-state index contributed by atoms with van der Waals surface area (Å²) in [6, 6.07) is 0. The van der Waals surface area contributed by atoms with Crippen LogP contribution >= 0.6 is 0 Å². The summed E-state index contributed by atoms with van der Waals surface area (Å²) in [6.07, 6.45) is 0. The molecule has 0 amide bonds. The van der Waals surface area contributed by atoms with E-state index in [0.717, 1.165) is 35.5 Å². The molecule has 62 valence electrons. The van der Waals surface area contributed by atoms with Gasteiger partial charge in [0.05, 0.1) is 0 Å². The summed E-state index contributed by atoms with van der Waals surface area (Å²) in [6.45, 7) is 4.23. The van der Waals surface area contributed by atoms with E-state index in [1.807, 2.05) is 6.92 Å². The molecule has 12 heavy (non-hydrogen) atoms. The zero-order valence-electron chi connectivity index (χ0n) is 7.37. The van der Waals surface area contributed by atoms with Gasteiger partial charge in [-0.1, -0.05) is 6.92 Å². The lowest BCUT2D eigenvalue weighted by molar-refractivity contribution is -0.638. The molecular formula is C11H12O. The molecule has 0 heterocycles. The molecule has 4 atom stereocenters. The SMILES string of the molecule is CC(=O)C12C3C4C5C3C1(C)C5C42. The van der Waals surface area contributed by atoms with Gasteiger partial charge in [-0.15, -0.1) is 0 Å². The van der Waals surface area contributed by atoms with Crippen molar-refractivity contribution in [1.82, 2.24) is 0 Å². The van der Waals surface area contributed by atoms with Crippen LogP contribution in [0.5, 0.6) is 0 Å². The predicted octanol–water partition coefficient (Wildman–Crippen LogP) is 1.33. The van der Waals surface area contributed by atoms with Crippen LogP contribution in [0.2, 0.25) is 0 Å². The lowest BCUT2D eigenvalue weighted by atomic mass is 8.92. The summed E-state index contributed by atoms with van der Waals surface area (Å²) in [5.74, 6) is 6.50. The quantitative estimate of drug-likeness (QED) is 0.565. The monoisotopic (exact) mass is 160 g/mol. The summed E-state index contributed by atoms with van der Waals surface area (Å²) in [7, 11) is 0. The van der Waals surface area contributed by atoms with Crippen molar-refractivity contribution in [2.45, 2.75) is 13.8 Å². The first-order valence-corrected chi connectivity index (χ1v) is 5.19. The zero-order valence-corrected chi connectivity index (χ0v) is 7.37. The third-order valence-electron chi connectivity index (χ3n) is 6.79. The van der Waals surface area contributed by atoms with Crippen LogP contribution in [0.1, 0.15) is 13.8 Å². The van der Waals surface area contributed by atoms with Crippen LogP contribution < -0.4 is 0 Å². The van der Waals surface area contributed by atoms with Crippen LogP contribution in [-0.2, 0) is 4.79 Å². The molecule has 0 bridgehead atoms. The standard InChI is InChI=1S/C11H12O/c1-3(12)11-8-5-4-6(8)10(11,2)7(4)9(5)11/h4-9H,1-2H3. The highest BCUT2D eigenvalue weighted by molar-refractivity contribution is 5.92. The van der Waals surface area contributed by atoms with Gasteiger partial charge in [0.2, 0.25) is 0 Å². The van der Waals surface area contributed by atoms with Crippen LogP contribution in [0.25, 0.3) is 0 Å². The van der Waals surface area contributed by atoms with E-state index in [2.05, 4.69) is 6.92 Å². The summed E-state index contributed by atoms with van der Waals surface area (Å²) >= 11 is 0. The highest BCUT2D eigenvalue weighted by atomic mass is 16.1. The molecule has 0 N–H and O–H groups in total. The Bertz CT molecular complexity index is 349. The minimum atomic E-state index is 0.266. The zero-order chi connectivity index (χ0) is 8.04. The summed E-state index contributed by atoms with van der Waals surface area (Å²) in [4.78, 5) is 11.6. The van der Waals surface area contributed by atoms with Crippen LogP contribution in [0.3, 0.4) is 0 Å². The van der Waals surface area contributed by atoms with E-state index in [0.29, 0.717) is 11.2 Å². The number of carbonyl (C=O) groups excluding carboxylic acids is 1. The van der Waals surface area contributed by atoms with E-state index in [9.17, 15) is 4.79 Å². The molecule has 6 aliphatic carbocycles. The Balaban J connectivity index is 1.80. The van der Waals surface area contributed by atoms with Gasteiger partial charge in [-0.3, -0.25) is 4.79 Å². The first-order valence-electron chi connectivity index (χ1n) is 5.19. The van der Waals surface area contributed by atoms with E-state index >= 15 is 0 Å². The Hall–Kier alpha value is -0.330. The molecule has 6 rings (SSSR count). The Morgan fingerprint density at radius 2 is 1.58 bits per heavy atom. The predicted molar refractivity (Wildman–Crippen MR) is 42.2 cm³/mol. The van der Waals surface area contributed by atoms with Gasteiger partial charge < -0.3 is 0 Å². The molecule has 0 saturated heterocycles. The Labute approximate surface area is 71.5 Å². The molecule has 0 spiro atoms. The second kappa shape index (κ2) is 0.935. The molecule has 1 heteroatoms. The summed E-state index contributed by atoms with van der Waals surface area (Å²) in [5.41, 5.74) is 0.801. The van der Waals surface area contributed by atoms with Crippen molar-refractivity contribution in [3.8, 4) is 0 Å². The van der Waals surface area contributed by atoms with Crippen molar-refractivity contribution in [1.29, 1.82) is 0 Å². The number of carbonyl (C=O) groups is 1. The first-order chi connectivity index (χ1) is 5.68. The average molecular weight is 160 g/mol. The van der Waals surface area contributed by atoms with Gasteiger partial charge in [-0.05, 0) is 47.8 Å². The Morgan fingerprint density at radius 1 is 1.08 bits per heavy atom. The summed E-state index contributed by atoms with van der Waals surface area (Å²) in [5, 5.41) is 0. The van der Waals surface area contributed by atoms with E-state index in [1.165, 1.54) is 0 Å². The van der Waals surface area contributed by atoms with E-state index in [-0.39, 0.29) is 5.41 Å². The number of Topliss-reactive ketones (excluding diaryl/α,β-unsaturated/α-hetero) is 1. The molecule has 4 unspecified atom stereocenters. The first kappa shape index (κ1) is 5.41. The third kappa shape index (κ3) is 0.164. The van der Waals surface area contributed by atoms with Crippen molar-refractivity contribution in [3.05, 3.63) is 0 Å². The highest BCUT2D eigenvalue weighted by Crippen LogP contribution is 3.10. The van der Waals surface area contributed by atoms with Crippen molar-refractivity contribution < 1.29 is 4.79 Å². The van der Waals surface area contributed by atoms with Gasteiger partial charge in [0, 0.05) is 5.41 Å². The van der Waals surface area contributed by atoms with Crippen molar-refractivity contribution in [3.63, 3.8) is 0 Å². The fourth-order valence-electron chi connectivity index (χ4n) is 6.92. The molecule has 0 radical (unpaired) electrons. The summed E-state index contributed by atoms with van der Waals surface area (Å²) < 4.78 is 0. The van der Waals surface area contributed by atoms with E-state index < -0.39 is 0 Å². The van der Waals surface area contributed by atoms with Gasteiger partial charge in [0.1, 0.15) is 5.78 Å². The van der Waals surface area contributed by atoms with Gasteiger partial charge >= 0.3 is 0 Å². The minimum Gasteiger partial charge on any atom is -0.299 e. The Kier molecular flexibility index (Phi) is 0.422. The van der Waals surface area contributed by atoms with Crippen molar-refractivity contribution in [2.24, 2.45) is 46.3 Å². The lowest BCUT2D eigenvalue weighted by Crippen LogP contribution is -3.10. The van der Waals surface area contributed by atoms with Crippen LogP contribution in [0.4, 0.5) is 0 Å². The molecular weight excluding hydrogens is 148 g/mol. The molecule has 1 nitrogen and oxygen atoms in total. The maximum Gasteiger partial charge on any atom is 0.137 e. The normalized spacial score (nSPS) is 88.2. The number of hydrogen-bond acceptors (Lipinski definition) is 1. The van der Waals surface area contributed by atoms with Crippen LogP contribution in [0, 0.1) is 46.3 Å². The highest BCUT2D eigenvalue weighted by Gasteiger charge is 3.09. The van der Waals surface area contributed by atoms with Crippen molar-refractivity contribution in [2.75, 3.05) is 0 Å². The van der Waals surface area contributed by atoms with E-state index in [4.69, 9.17) is 0 Å². The largest absolute Gasteiger partial charge is 0.299 e. The number of rotatable bonds is 1. The van der Waals surface area contributed by atoms with Gasteiger partial charge in [0.15, 0.2) is 0 Å². The minimum absolute atomic E-state index is 0.266. The lowest BCUT2D eigenvalue weighted by Gasteiger charge is -3.11. The molecule has 0 aliphatic heterocycles. The van der Waals surface area contributed by atoms with Crippen molar-refractivity contribution >= 4 is 5.78 Å². The fraction of sp³-hybridized carbons (Fsp3) is 0.909. The second-order valence-electron chi connectivity index (χ2n) is 5.97. The Morgan fingerprint density at radius 3 is 1.92 bits per heavy atom. The smallest absolute Gasteiger partial charge is 0.137 e. The molecule has 0 aromatic heterocycles. The molecule has 6 fully saturated rings. The average Bonchev–Trinajstić information content (AvgIpc) is 2.03. The molecule has 0 aromatic carbocycles. The van der Waals surface area contributed by atoms with Crippen LogP contribution in [-0.4, -0.2) is 5.78 Å². The van der Waals surface area contributed by atoms with E-state index in [1.54, 1.807) is 0 Å². The molecule has 6 saturated carbocycles. The third-order valence-corrected chi connectivity index (χ3v) is 6.79. The second-order valence-corrected chi connectivity index (χ2v) is 5.97. The van der Waals surface area contributed by atoms with Gasteiger partial charge in [-0.25, -0.2) is 0 Å². The molecule has 6 aliphatic rings. The maximum absolute atomic E-state index is 11.6. The van der Waals surface area contributed by atoms with Crippen LogP contribution in [0.15, 0.2) is 0 Å². The fourth-order valence-corrected chi connectivity index (χ4v) is 6.92. The topological polar surface area (TPSA) is 17.1 Å². The molecule has 0 aromatic rings. The van der Waals surface area contributed by atoms with Gasteiger partial charge in [-0.2, -0.15) is 0 Å². The number of ketones is 1. The maximum atomic E-state index is 11.6. The van der Waals surface area contributed by atoms with Gasteiger partial charge in [0.25, 0.3) is 0 Å². The number of hydrogen-bond donors (Lipinski definition) is 0.